The highest BCUT2D eigenvalue weighted by Gasteiger charge is 2.13. The van der Waals surface area contributed by atoms with Crippen molar-refractivity contribution in [1.82, 2.24) is 4.90 Å². The monoisotopic (exact) mass is 177 g/mol. The third-order valence-electron chi connectivity index (χ3n) is 2.41. The van der Waals surface area contributed by atoms with E-state index in [1.165, 1.54) is 11.1 Å². The number of aryl methyl sites for hydroxylation is 1. The predicted octanol–water partition coefficient (Wildman–Crippen LogP) is 2.03. The molecule has 70 valence electrons. The van der Waals surface area contributed by atoms with Crippen LogP contribution in [0.4, 0.5) is 0 Å². The second-order valence-corrected chi connectivity index (χ2v) is 3.58. The number of fused-ring (bicyclic) bond motifs is 1. The minimum absolute atomic E-state index is 0.707. The van der Waals surface area contributed by atoms with Crippen molar-refractivity contribution < 1.29 is 4.74 Å². The first-order valence-corrected chi connectivity index (χ1v) is 4.72. The highest BCUT2D eigenvalue weighted by molar-refractivity contribution is 5.38. The topological polar surface area (TPSA) is 12.5 Å². The highest BCUT2D eigenvalue weighted by atomic mass is 16.5. The summed E-state index contributed by atoms with van der Waals surface area (Å²) >= 11 is 0. The second kappa shape index (κ2) is 3.38. The van der Waals surface area contributed by atoms with Crippen LogP contribution in [0.15, 0.2) is 18.2 Å². The van der Waals surface area contributed by atoms with Crippen molar-refractivity contribution >= 4 is 0 Å². The lowest BCUT2D eigenvalue weighted by Crippen LogP contribution is -2.28. The zero-order valence-electron chi connectivity index (χ0n) is 8.21. The Labute approximate surface area is 79.1 Å². The van der Waals surface area contributed by atoms with Gasteiger partial charge in [-0.1, -0.05) is 19.1 Å². The predicted molar refractivity (Wildman–Crippen MR) is 52.8 cm³/mol. The van der Waals surface area contributed by atoms with Crippen LogP contribution >= 0.6 is 0 Å². The van der Waals surface area contributed by atoms with Crippen LogP contribution in [-0.2, 0) is 13.0 Å². The van der Waals surface area contributed by atoms with Crippen molar-refractivity contribution in [1.29, 1.82) is 0 Å². The van der Waals surface area contributed by atoms with Gasteiger partial charge < -0.3 is 4.74 Å². The largest absolute Gasteiger partial charge is 0.478 e. The van der Waals surface area contributed by atoms with E-state index in [0.717, 1.165) is 18.7 Å². The Kier molecular flexibility index (Phi) is 2.23. The van der Waals surface area contributed by atoms with Crippen molar-refractivity contribution in [2.24, 2.45) is 0 Å². The van der Waals surface area contributed by atoms with Crippen LogP contribution in [0.25, 0.3) is 0 Å². The number of nitrogens with zero attached hydrogens (tertiary/aromatic N) is 1. The summed E-state index contributed by atoms with van der Waals surface area (Å²) in [4.78, 5) is 2.17. The molecule has 0 amide bonds. The van der Waals surface area contributed by atoms with E-state index >= 15 is 0 Å². The lowest BCUT2D eigenvalue weighted by atomic mass is 10.1. The minimum atomic E-state index is 0.707. The Morgan fingerprint density at radius 3 is 3.08 bits per heavy atom. The van der Waals surface area contributed by atoms with Crippen LogP contribution in [0.2, 0.25) is 0 Å². The molecule has 0 radical (unpaired) electrons. The van der Waals surface area contributed by atoms with Gasteiger partial charge in [-0.2, -0.15) is 0 Å². The van der Waals surface area contributed by atoms with Gasteiger partial charge in [0.2, 0.25) is 0 Å². The number of rotatable bonds is 1. The molecule has 0 bridgehead atoms. The molecule has 2 nitrogen and oxygen atoms in total. The smallest absolute Gasteiger partial charge is 0.142 e. The summed E-state index contributed by atoms with van der Waals surface area (Å²) < 4.78 is 5.56. The lowest BCUT2D eigenvalue weighted by molar-refractivity contribution is 0.121. The van der Waals surface area contributed by atoms with E-state index in [9.17, 15) is 0 Å². The molecule has 0 fully saturated rings. The van der Waals surface area contributed by atoms with E-state index in [2.05, 4.69) is 37.1 Å². The molecule has 0 saturated heterocycles. The van der Waals surface area contributed by atoms with E-state index < -0.39 is 0 Å². The molecular weight excluding hydrogens is 162 g/mol. The van der Waals surface area contributed by atoms with Gasteiger partial charge in [-0.25, -0.2) is 0 Å². The van der Waals surface area contributed by atoms with Crippen molar-refractivity contribution in [3.63, 3.8) is 0 Å². The maximum Gasteiger partial charge on any atom is 0.142 e. The summed E-state index contributed by atoms with van der Waals surface area (Å²) in [5, 5.41) is 0. The van der Waals surface area contributed by atoms with Crippen molar-refractivity contribution in [2.75, 3.05) is 13.8 Å². The maximum atomic E-state index is 5.56. The van der Waals surface area contributed by atoms with E-state index in [4.69, 9.17) is 4.74 Å². The zero-order chi connectivity index (χ0) is 9.26. The van der Waals surface area contributed by atoms with E-state index in [1.807, 2.05) is 0 Å². The van der Waals surface area contributed by atoms with Crippen LogP contribution in [0.1, 0.15) is 18.1 Å². The summed E-state index contributed by atoms with van der Waals surface area (Å²) in [6, 6.07) is 6.47. The second-order valence-electron chi connectivity index (χ2n) is 3.58. The molecule has 1 aromatic carbocycles. The Balaban J connectivity index is 2.32. The van der Waals surface area contributed by atoms with Gasteiger partial charge in [0.05, 0.1) is 0 Å². The molecular formula is C11H15NO. The van der Waals surface area contributed by atoms with Gasteiger partial charge in [-0.3, -0.25) is 4.90 Å². The molecule has 13 heavy (non-hydrogen) atoms. The van der Waals surface area contributed by atoms with Gasteiger partial charge in [-0.05, 0) is 25.1 Å². The molecule has 1 aliphatic heterocycles. The average molecular weight is 177 g/mol. The summed E-state index contributed by atoms with van der Waals surface area (Å²) in [5.74, 6) is 1.05. The summed E-state index contributed by atoms with van der Waals surface area (Å²) in [5.41, 5.74) is 2.70. The molecule has 2 heteroatoms. The Morgan fingerprint density at radius 2 is 2.31 bits per heavy atom. The molecule has 1 heterocycles. The number of ether oxygens (including phenoxy) is 1. The SMILES string of the molecule is CCc1ccc2c(c1)CN(C)CO2. The van der Waals surface area contributed by atoms with Crippen LogP contribution in [0.3, 0.4) is 0 Å². The normalized spacial score (nSPS) is 16.5. The molecule has 0 aromatic heterocycles. The molecule has 0 saturated carbocycles. The molecule has 0 unspecified atom stereocenters. The Bertz CT molecular complexity index is 309. The molecule has 0 N–H and O–H groups in total. The summed E-state index contributed by atoms with van der Waals surface area (Å²) in [6.45, 7) is 3.89. The first-order valence-electron chi connectivity index (χ1n) is 4.72. The standard InChI is InChI=1S/C11H15NO/c1-3-9-4-5-11-10(6-9)7-12(2)8-13-11/h4-6H,3,7-8H2,1-2H3. The van der Waals surface area contributed by atoms with Gasteiger partial charge in [0, 0.05) is 12.1 Å². The first kappa shape index (κ1) is 8.57. The molecule has 1 aliphatic rings. The van der Waals surface area contributed by atoms with Gasteiger partial charge in [0.15, 0.2) is 0 Å². The van der Waals surface area contributed by atoms with Crippen molar-refractivity contribution in [2.45, 2.75) is 19.9 Å². The van der Waals surface area contributed by atoms with Gasteiger partial charge in [-0.15, -0.1) is 0 Å². The fourth-order valence-corrected chi connectivity index (χ4v) is 1.63. The molecule has 0 aliphatic carbocycles. The maximum absolute atomic E-state index is 5.56. The van der Waals surface area contributed by atoms with E-state index in [-0.39, 0.29) is 0 Å². The summed E-state index contributed by atoms with van der Waals surface area (Å²) in [7, 11) is 2.07. The molecule has 0 atom stereocenters. The van der Waals surface area contributed by atoms with Gasteiger partial charge in [0.1, 0.15) is 12.5 Å². The zero-order valence-corrected chi connectivity index (χ0v) is 8.21. The number of benzene rings is 1. The van der Waals surface area contributed by atoms with Crippen molar-refractivity contribution in [3.8, 4) is 5.75 Å². The van der Waals surface area contributed by atoms with E-state index in [1.54, 1.807) is 0 Å². The van der Waals surface area contributed by atoms with E-state index in [0.29, 0.717) is 6.73 Å². The van der Waals surface area contributed by atoms with Crippen LogP contribution in [0.5, 0.6) is 5.75 Å². The minimum Gasteiger partial charge on any atom is -0.478 e. The van der Waals surface area contributed by atoms with Crippen LogP contribution in [-0.4, -0.2) is 18.7 Å². The Morgan fingerprint density at radius 1 is 1.46 bits per heavy atom. The third kappa shape index (κ3) is 1.68. The first-order chi connectivity index (χ1) is 6.29. The average Bonchev–Trinajstić information content (AvgIpc) is 2.16. The molecule has 1 aromatic rings. The third-order valence-corrected chi connectivity index (χ3v) is 2.41. The van der Waals surface area contributed by atoms with Gasteiger partial charge in [0.25, 0.3) is 0 Å². The van der Waals surface area contributed by atoms with Crippen LogP contribution < -0.4 is 4.74 Å². The molecule has 0 spiro atoms. The number of hydrogen-bond acceptors (Lipinski definition) is 2. The fourth-order valence-electron chi connectivity index (χ4n) is 1.63. The molecule has 2 rings (SSSR count). The lowest BCUT2D eigenvalue weighted by Gasteiger charge is -2.25. The van der Waals surface area contributed by atoms with Gasteiger partial charge >= 0.3 is 0 Å². The van der Waals surface area contributed by atoms with Crippen LogP contribution in [0, 0.1) is 0 Å². The van der Waals surface area contributed by atoms with Crippen molar-refractivity contribution in [3.05, 3.63) is 29.3 Å². The summed E-state index contributed by atoms with van der Waals surface area (Å²) in [6.07, 6.45) is 1.09. The highest BCUT2D eigenvalue weighted by Crippen LogP contribution is 2.25. The quantitative estimate of drug-likeness (QED) is 0.650. The Hall–Kier alpha value is -1.02. The number of hydrogen-bond donors (Lipinski definition) is 0. The fraction of sp³-hybridized carbons (Fsp3) is 0.455.